The molecule has 0 aromatic heterocycles. The van der Waals surface area contributed by atoms with Crippen molar-refractivity contribution in [1.82, 2.24) is 14.7 Å². The lowest BCUT2D eigenvalue weighted by Gasteiger charge is -2.39. The number of nitrogens with zero attached hydrogens (tertiary/aromatic N) is 3. The fourth-order valence-electron chi connectivity index (χ4n) is 6.31. The number of hydrogen-bond donors (Lipinski definition) is 0. The van der Waals surface area contributed by atoms with Gasteiger partial charge in [-0.2, -0.15) is 13.2 Å². The number of ether oxygens (including phenoxy) is 1. The molecule has 0 radical (unpaired) electrons. The largest absolute Gasteiger partial charge is 0.490 e. The SMILES string of the molecule is O=C(C1c2ccccc2-c2ccccc21)N1C[C@H](OC(=O)C(F)(F)F)[C@@H](N2CCN(Cc3ccc(Cl)cc3)CC2)C1. The zero-order valence-corrected chi connectivity index (χ0v) is 22.9. The number of piperazine rings is 1. The van der Waals surface area contributed by atoms with Crippen molar-refractivity contribution in [2.24, 2.45) is 0 Å². The van der Waals surface area contributed by atoms with E-state index in [0.29, 0.717) is 31.2 Å². The highest BCUT2D eigenvalue weighted by Crippen LogP contribution is 2.45. The van der Waals surface area contributed by atoms with Gasteiger partial charge in [0.25, 0.3) is 0 Å². The summed E-state index contributed by atoms with van der Waals surface area (Å²) in [5.41, 5.74) is 4.83. The first kappa shape index (κ1) is 27.8. The molecular weight excluding hydrogens is 555 g/mol. The molecule has 41 heavy (non-hydrogen) atoms. The molecule has 6 rings (SSSR count). The van der Waals surface area contributed by atoms with Gasteiger partial charge in [0.2, 0.25) is 5.91 Å². The first-order chi connectivity index (χ1) is 19.7. The van der Waals surface area contributed by atoms with E-state index in [1.165, 1.54) is 0 Å². The van der Waals surface area contributed by atoms with Gasteiger partial charge >= 0.3 is 12.1 Å². The molecule has 0 spiro atoms. The lowest BCUT2D eigenvalue weighted by molar-refractivity contribution is -0.206. The number of rotatable bonds is 5. The standard InChI is InChI=1S/C31H29ClF3N3O3/c32-21-11-9-20(10-12-21)17-36-13-15-37(16-14-36)26-18-38(19-27(26)41-30(40)31(33,34)35)29(39)28-24-7-3-1-5-22(24)23-6-2-4-8-25(23)28/h1-12,26-28H,13-19H2/t26-,27-/m0/s1. The van der Waals surface area contributed by atoms with Crippen LogP contribution >= 0.6 is 11.6 Å². The number of carbonyl (C=O) groups is 2. The Hall–Kier alpha value is -3.40. The molecule has 2 aliphatic heterocycles. The number of fused-ring (bicyclic) bond motifs is 3. The highest BCUT2D eigenvalue weighted by molar-refractivity contribution is 6.30. The van der Waals surface area contributed by atoms with Gasteiger partial charge in [-0.1, -0.05) is 72.3 Å². The molecule has 1 amide bonds. The molecule has 2 heterocycles. The predicted octanol–water partition coefficient (Wildman–Crippen LogP) is 4.96. The second kappa shape index (κ2) is 11.1. The average Bonchev–Trinajstić information content (AvgIpc) is 3.53. The third-order valence-electron chi connectivity index (χ3n) is 8.31. The minimum Gasteiger partial charge on any atom is -0.452 e. The van der Waals surface area contributed by atoms with Crippen LogP contribution in [0.5, 0.6) is 0 Å². The number of halogens is 4. The van der Waals surface area contributed by atoms with Gasteiger partial charge < -0.3 is 9.64 Å². The van der Waals surface area contributed by atoms with Crippen molar-refractivity contribution < 1.29 is 27.5 Å². The van der Waals surface area contributed by atoms with E-state index in [4.69, 9.17) is 16.3 Å². The van der Waals surface area contributed by atoms with Crippen molar-refractivity contribution in [2.75, 3.05) is 39.3 Å². The fraction of sp³-hybridized carbons (Fsp3) is 0.355. The highest BCUT2D eigenvalue weighted by Gasteiger charge is 2.49. The Balaban J connectivity index is 1.20. The zero-order valence-electron chi connectivity index (χ0n) is 22.2. The molecule has 214 valence electrons. The summed E-state index contributed by atoms with van der Waals surface area (Å²) in [5, 5.41) is 0.669. The summed E-state index contributed by atoms with van der Waals surface area (Å²) in [7, 11) is 0. The molecule has 0 unspecified atom stereocenters. The molecule has 1 aliphatic carbocycles. The second-order valence-electron chi connectivity index (χ2n) is 10.8. The van der Waals surface area contributed by atoms with Crippen LogP contribution in [0, 0.1) is 0 Å². The van der Waals surface area contributed by atoms with Crippen LogP contribution in [0.1, 0.15) is 22.6 Å². The molecule has 0 saturated carbocycles. The maximum absolute atomic E-state index is 14.0. The number of alkyl halides is 3. The van der Waals surface area contributed by atoms with E-state index >= 15 is 0 Å². The maximum atomic E-state index is 14.0. The predicted molar refractivity (Wildman–Crippen MR) is 148 cm³/mol. The molecule has 3 aromatic rings. The maximum Gasteiger partial charge on any atom is 0.490 e. The molecule has 2 saturated heterocycles. The van der Waals surface area contributed by atoms with Crippen LogP contribution < -0.4 is 0 Å². The topological polar surface area (TPSA) is 53.1 Å². The van der Waals surface area contributed by atoms with Crippen LogP contribution in [-0.2, 0) is 20.9 Å². The quantitative estimate of drug-likeness (QED) is 0.398. The Labute approximate surface area is 241 Å². The lowest BCUT2D eigenvalue weighted by atomic mass is 9.95. The van der Waals surface area contributed by atoms with Crippen LogP contribution in [0.25, 0.3) is 11.1 Å². The highest BCUT2D eigenvalue weighted by atomic mass is 35.5. The summed E-state index contributed by atoms with van der Waals surface area (Å²) in [6.45, 7) is 3.37. The van der Waals surface area contributed by atoms with Gasteiger partial charge in [0.1, 0.15) is 6.10 Å². The summed E-state index contributed by atoms with van der Waals surface area (Å²) in [4.78, 5) is 31.8. The summed E-state index contributed by atoms with van der Waals surface area (Å²) >= 11 is 5.99. The normalized spacial score (nSPS) is 21.5. The van der Waals surface area contributed by atoms with Crippen LogP contribution in [0.15, 0.2) is 72.8 Å². The van der Waals surface area contributed by atoms with Crippen LogP contribution in [0.4, 0.5) is 13.2 Å². The monoisotopic (exact) mass is 583 g/mol. The van der Waals surface area contributed by atoms with Gasteiger partial charge in [-0.05, 0) is 39.9 Å². The first-order valence-electron chi connectivity index (χ1n) is 13.6. The van der Waals surface area contributed by atoms with Gasteiger partial charge in [0.05, 0.1) is 18.5 Å². The zero-order chi connectivity index (χ0) is 28.7. The molecule has 0 N–H and O–H groups in total. The average molecular weight is 584 g/mol. The molecule has 0 bridgehead atoms. The molecular formula is C31H29ClF3N3O3. The number of esters is 1. The van der Waals surface area contributed by atoms with E-state index in [1.54, 1.807) is 4.90 Å². The molecule has 10 heteroatoms. The third kappa shape index (κ3) is 5.58. The van der Waals surface area contributed by atoms with Crippen molar-refractivity contribution in [3.05, 3.63) is 94.5 Å². The van der Waals surface area contributed by atoms with E-state index in [0.717, 1.165) is 34.4 Å². The number of likely N-dealkylation sites (tertiary alicyclic amines) is 1. The molecule has 2 atom stereocenters. The summed E-state index contributed by atoms with van der Waals surface area (Å²) in [5.74, 6) is -2.98. The fourth-order valence-corrected chi connectivity index (χ4v) is 6.44. The number of hydrogen-bond acceptors (Lipinski definition) is 5. The molecule has 6 nitrogen and oxygen atoms in total. The van der Waals surface area contributed by atoms with Crippen molar-refractivity contribution in [2.45, 2.75) is 30.8 Å². The van der Waals surface area contributed by atoms with E-state index in [2.05, 4.69) is 9.80 Å². The molecule has 3 aromatic carbocycles. The Morgan fingerprint density at radius 3 is 2.00 bits per heavy atom. The Bertz CT molecular complexity index is 1390. The van der Waals surface area contributed by atoms with Crippen LogP contribution in [0.3, 0.4) is 0 Å². The van der Waals surface area contributed by atoms with Crippen molar-refractivity contribution in [3.8, 4) is 11.1 Å². The summed E-state index contributed by atoms with van der Waals surface area (Å²) < 4.78 is 44.6. The molecule has 3 aliphatic rings. The van der Waals surface area contributed by atoms with Crippen LogP contribution in [0.2, 0.25) is 5.02 Å². The van der Waals surface area contributed by atoms with Crippen molar-refractivity contribution in [1.29, 1.82) is 0 Å². The Morgan fingerprint density at radius 1 is 0.829 bits per heavy atom. The van der Waals surface area contributed by atoms with Crippen molar-refractivity contribution >= 4 is 23.5 Å². The number of carbonyl (C=O) groups excluding carboxylic acids is 2. The smallest absolute Gasteiger partial charge is 0.452 e. The van der Waals surface area contributed by atoms with Crippen LogP contribution in [-0.4, -0.2) is 84.2 Å². The lowest BCUT2D eigenvalue weighted by Crippen LogP contribution is -2.54. The van der Waals surface area contributed by atoms with E-state index in [-0.39, 0.29) is 19.0 Å². The molecule has 2 fully saturated rings. The third-order valence-corrected chi connectivity index (χ3v) is 8.57. The van der Waals surface area contributed by atoms with E-state index in [1.807, 2.05) is 72.8 Å². The Morgan fingerprint density at radius 2 is 1.41 bits per heavy atom. The van der Waals surface area contributed by atoms with Gasteiger partial charge in [0.15, 0.2) is 0 Å². The van der Waals surface area contributed by atoms with Gasteiger partial charge in [-0.3, -0.25) is 14.6 Å². The first-order valence-corrected chi connectivity index (χ1v) is 14.0. The van der Waals surface area contributed by atoms with E-state index in [9.17, 15) is 22.8 Å². The minimum absolute atomic E-state index is 0.0862. The number of benzene rings is 3. The second-order valence-corrected chi connectivity index (χ2v) is 11.2. The van der Waals surface area contributed by atoms with Gasteiger partial charge in [-0.25, -0.2) is 4.79 Å². The van der Waals surface area contributed by atoms with E-state index < -0.39 is 30.2 Å². The van der Waals surface area contributed by atoms with Crippen molar-refractivity contribution in [3.63, 3.8) is 0 Å². The number of amides is 1. The Kier molecular flexibility index (Phi) is 7.52. The summed E-state index contributed by atoms with van der Waals surface area (Å²) in [6, 6.07) is 22.5. The van der Waals surface area contributed by atoms with Gasteiger partial charge in [0, 0.05) is 44.3 Å². The minimum atomic E-state index is -5.11. The summed E-state index contributed by atoms with van der Waals surface area (Å²) in [6.07, 6.45) is -6.19. The van der Waals surface area contributed by atoms with Gasteiger partial charge in [-0.15, -0.1) is 0 Å².